The number of aryl methyl sites for hydroxylation is 3. The van der Waals surface area contributed by atoms with E-state index in [1.807, 2.05) is 0 Å². The van der Waals surface area contributed by atoms with Gasteiger partial charge in [-0.05, 0) is 56.2 Å². The molecule has 0 aromatic heterocycles. The molecule has 2 atom stereocenters. The second-order valence-corrected chi connectivity index (χ2v) is 6.62. The smallest absolute Gasteiger partial charge is 0.450 e. The number of hydrogen-bond donors (Lipinski definition) is 2. The molecule has 4 nitrogen and oxygen atoms in total. The maximum absolute atomic E-state index is 12.5. The van der Waals surface area contributed by atoms with Gasteiger partial charge in [0.1, 0.15) is 5.78 Å². The highest BCUT2D eigenvalue weighted by Crippen LogP contribution is 2.47. The molecule has 0 amide bonds. The normalized spacial score (nSPS) is 23.0. The first-order valence-corrected chi connectivity index (χ1v) is 7.60. The number of carbonyl (C=O) groups excluding carboxylic acids is 1. The van der Waals surface area contributed by atoms with Crippen molar-refractivity contribution in [1.29, 1.82) is 0 Å². The van der Waals surface area contributed by atoms with Crippen molar-refractivity contribution >= 4 is 11.9 Å². The molecule has 0 aliphatic heterocycles. The van der Waals surface area contributed by atoms with Crippen molar-refractivity contribution < 1.29 is 19.8 Å². The molecule has 2 rings (SSSR count). The van der Waals surface area contributed by atoms with Crippen LogP contribution < -0.4 is 0 Å². The largest absolute Gasteiger partial charge is 0.503 e. The summed E-state index contributed by atoms with van der Waals surface area (Å²) >= 11 is 0. The highest BCUT2D eigenvalue weighted by molar-refractivity contribution is 5.88. The van der Waals surface area contributed by atoms with Crippen LogP contribution in [-0.2, 0) is 11.2 Å². The minimum atomic E-state index is -1.83. The Labute approximate surface area is 132 Å². The molecule has 0 spiro atoms. The monoisotopic (exact) mass is 306 g/mol. The third-order valence-corrected chi connectivity index (χ3v) is 5.00. The molecule has 1 saturated carbocycles. The van der Waals surface area contributed by atoms with Gasteiger partial charge in [-0.3, -0.25) is 4.79 Å². The van der Waals surface area contributed by atoms with E-state index in [-0.39, 0.29) is 5.41 Å². The van der Waals surface area contributed by atoms with Crippen molar-refractivity contribution in [3.63, 3.8) is 0 Å². The lowest BCUT2D eigenvalue weighted by molar-refractivity contribution is -0.136. The lowest BCUT2D eigenvalue weighted by Crippen LogP contribution is -2.43. The highest BCUT2D eigenvalue weighted by atomic mass is 16.6. The lowest BCUT2D eigenvalue weighted by Gasteiger charge is -2.44. The minimum Gasteiger partial charge on any atom is -0.450 e. The van der Waals surface area contributed by atoms with Gasteiger partial charge in [0.05, 0.1) is 0 Å². The Hall–Kier alpha value is -1.84. The van der Waals surface area contributed by atoms with Crippen LogP contribution in [0.25, 0.3) is 0 Å². The quantitative estimate of drug-likeness (QED) is 0.869. The zero-order valence-electron chi connectivity index (χ0n) is 14.1. The van der Waals surface area contributed by atoms with E-state index in [0.717, 1.165) is 6.42 Å². The predicted molar refractivity (Wildman–Crippen MR) is 86.5 cm³/mol. The van der Waals surface area contributed by atoms with Gasteiger partial charge in [-0.2, -0.15) is 0 Å². The fraction of sp³-hybridized carbons (Fsp3) is 0.556. The van der Waals surface area contributed by atoms with E-state index >= 15 is 0 Å². The van der Waals surface area contributed by atoms with Gasteiger partial charge < -0.3 is 10.2 Å². The molecule has 22 heavy (non-hydrogen) atoms. The van der Waals surface area contributed by atoms with Crippen LogP contribution >= 0.6 is 0 Å². The molecule has 1 aliphatic carbocycles. The van der Waals surface area contributed by atoms with Gasteiger partial charge >= 0.3 is 6.16 Å². The molecule has 0 saturated heterocycles. The summed E-state index contributed by atoms with van der Waals surface area (Å²) in [7, 11) is 0. The number of benzene rings is 1. The summed E-state index contributed by atoms with van der Waals surface area (Å²) in [6.07, 6.45) is 1.05. The Balaban J connectivity index is 0.000000541. The molecule has 2 unspecified atom stereocenters. The first-order chi connectivity index (χ1) is 10.1. The molecule has 122 valence electrons. The van der Waals surface area contributed by atoms with Gasteiger partial charge in [-0.15, -0.1) is 0 Å². The van der Waals surface area contributed by atoms with Crippen molar-refractivity contribution in [2.45, 2.75) is 53.9 Å². The summed E-state index contributed by atoms with van der Waals surface area (Å²) in [5.41, 5.74) is 4.98. The topological polar surface area (TPSA) is 74.6 Å². The van der Waals surface area contributed by atoms with Crippen LogP contribution in [0.4, 0.5) is 4.79 Å². The maximum atomic E-state index is 12.5. The molecule has 0 heterocycles. The van der Waals surface area contributed by atoms with Crippen LogP contribution in [0.1, 0.15) is 48.9 Å². The fourth-order valence-electron chi connectivity index (χ4n) is 3.13. The average molecular weight is 306 g/mol. The summed E-state index contributed by atoms with van der Waals surface area (Å²) in [6, 6.07) is 4.37. The minimum absolute atomic E-state index is 0.0657. The average Bonchev–Trinajstić information content (AvgIpc) is 2.39. The summed E-state index contributed by atoms with van der Waals surface area (Å²) in [5, 5.41) is 13.9. The van der Waals surface area contributed by atoms with Crippen molar-refractivity contribution in [3.8, 4) is 0 Å². The first kappa shape index (κ1) is 18.2. The third kappa shape index (κ3) is 4.09. The van der Waals surface area contributed by atoms with E-state index in [4.69, 9.17) is 15.0 Å². The van der Waals surface area contributed by atoms with Crippen LogP contribution in [0.5, 0.6) is 0 Å². The second-order valence-electron chi connectivity index (χ2n) is 6.62. The molecule has 1 aromatic carbocycles. The number of carbonyl (C=O) groups is 2. The Bertz CT molecular complexity index is 549. The van der Waals surface area contributed by atoms with Crippen LogP contribution in [0.15, 0.2) is 12.1 Å². The molecule has 0 bridgehead atoms. The number of rotatable bonds is 3. The number of ketones is 1. The summed E-state index contributed by atoms with van der Waals surface area (Å²) in [4.78, 5) is 21.1. The molecule has 4 heteroatoms. The predicted octanol–water partition coefficient (Wildman–Crippen LogP) is 4.38. The number of hydrogen-bond acceptors (Lipinski definition) is 2. The summed E-state index contributed by atoms with van der Waals surface area (Å²) in [5.74, 6) is 0.979. The van der Waals surface area contributed by atoms with Crippen molar-refractivity contribution in [1.82, 2.24) is 0 Å². The molecular formula is C18H26O4. The first-order valence-electron chi connectivity index (χ1n) is 7.60. The molecular weight excluding hydrogens is 280 g/mol. The van der Waals surface area contributed by atoms with Gasteiger partial charge in [0.25, 0.3) is 0 Å². The third-order valence-electron chi connectivity index (χ3n) is 5.00. The van der Waals surface area contributed by atoms with Crippen LogP contribution in [0.3, 0.4) is 0 Å². The van der Waals surface area contributed by atoms with Gasteiger partial charge in [0.15, 0.2) is 0 Å². The van der Waals surface area contributed by atoms with Gasteiger partial charge in [-0.25, -0.2) is 4.79 Å². The highest BCUT2D eigenvalue weighted by Gasteiger charge is 2.45. The van der Waals surface area contributed by atoms with E-state index in [2.05, 4.69) is 46.8 Å². The maximum Gasteiger partial charge on any atom is 0.503 e. The van der Waals surface area contributed by atoms with E-state index in [9.17, 15) is 4.79 Å². The number of carboxylic acid groups (broad SMARTS) is 2. The number of Topliss-reactive ketones (excluding diaryl/α,β-unsaturated/α-hetero) is 1. The summed E-state index contributed by atoms with van der Waals surface area (Å²) in [6.45, 7) is 10.7. The second kappa shape index (κ2) is 6.95. The summed E-state index contributed by atoms with van der Waals surface area (Å²) < 4.78 is 0. The molecule has 2 N–H and O–H groups in total. The van der Waals surface area contributed by atoms with Crippen LogP contribution in [0, 0.1) is 32.1 Å². The van der Waals surface area contributed by atoms with Crippen molar-refractivity contribution in [3.05, 3.63) is 34.4 Å². The molecule has 1 aromatic rings. The Kier molecular flexibility index (Phi) is 5.75. The molecule has 0 radical (unpaired) electrons. The Morgan fingerprint density at radius 2 is 1.64 bits per heavy atom. The van der Waals surface area contributed by atoms with Crippen LogP contribution in [-0.4, -0.2) is 22.2 Å². The van der Waals surface area contributed by atoms with E-state index < -0.39 is 6.16 Å². The zero-order valence-corrected chi connectivity index (χ0v) is 14.1. The van der Waals surface area contributed by atoms with Gasteiger partial charge in [0.2, 0.25) is 0 Å². The SMILES string of the molecule is Cc1cc(C)c(CC(=O)C2(C)CCC2C)c(C)c1.O=C(O)O. The lowest BCUT2D eigenvalue weighted by atomic mass is 9.59. The van der Waals surface area contributed by atoms with Gasteiger partial charge in [0, 0.05) is 11.8 Å². The van der Waals surface area contributed by atoms with E-state index in [1.54, 1.807) is 0 Å². The van der Waals surface area contributed by atoms with Crippen LogP contribution in [0.2, 0.25) is 0 Å². The van der Waals surface area contributed by atoms with E-state index in [0.29, 0.717) is 18.1 Å². The Morgan fingerprint density at radius 3 is 1.95 bits per heavy atom. The molecule has 1 aliphatic rings. The Morgan fingerprint density at radius 1 is 1.18 bits per heavy atom. The zero-order chi connectivity index (χ0) is 17.1. The van der Waals surface area contributed by atoms with E-state index in [1.165, 1.54) is 28.7 Å². The van der Waals surface area contributed by atoms with Gasteiger partial charge in [-0.1, -0.05) is 31.5 Å². The van der Waals surface area contributed by atoms with Crippen molar-refractivity contribution in [2.24, 2.45) is 11.3 Å². The fourth-order valence-corrected chi connectivity index (χ4v) is 3.13. The van der Waals surface area contributed by atoms with Crippen molar-refractivity contribution in [2.75, 3.05) is 0 Å². The standard InChI is InChI=1S/C17H24O.CH2O3/c1-11-8-12(2)15(13(3)9-11)10-16(18)17(5)7-6-14(17)4;2-1(3)4/h8-9,14H,6-7,10H2,1-5H3;(H2,2,3,4). The molecule has 1 fully saturated rings.